The first-order chi connectivity index (χ1) is 6.77. The number of hydrogen-bond acceptors (Lipinski definition) is 3. The molecule has 0 bridgehead atoms. The van der Waals surface area contributed by atoms with E-state index in [-0.39, 0.29) is 12.3 Å². The van der Waals surface area contributed by atoms with Gasteiger partial charge in [-0.05, 0) is 24.8 Å². The lowest BCUT2D eigenvalue weighted by molar-refractivity contribution is -0.137. The number of rotatable bonds is 2. The Hall–Kier alpha value is -1.45. The van der Waals surface area contributed by atoms with Crippen molar-refractivity contribution in [1.29, 1.82) is 0 Å². The van der Waals surface area contributed by atoms with Gasteiger partial charge in [0, 0.05) is 12.1 Å². The van der Waals surface area contributed by atoms with E-state index in [0.29, 0.717) is 0 Å². The number of fused-ring (bicyclic) bond motifs is 1. The Labute approximate surface area is 81.9 Å². The van der Waals surface area contributed by atoms with E-state index in [0.717, 1.165) is 30.8 Å². The molecule has 1 aromatic heterocycles. The van der Waals surface area contributed by atoms with Crippen LogP contribution in [-0.4, -0.2) is 17.6 Å². The molecule has 1 aliphatic heterocycles. The largest absolute Gasteiger partial charge is 0.481 e. The van der Waals surface area contributed by atoms with Crippen LogP contribution in [0.3, 0.4) is 0 Å². The molecule has 2 rings (SSSR count). The summed E-state index contributed by atoms with van der Waals surface area (Å²) in [4.78, 5) is 10.7. The summed E-state index contributed by atoms with van der Waals surface area (Å²) in [6.07, 6.45) is 3.69. The predicted molar refractivity (Wildman–Crippen MR) is 51.4 cm³/mol. The molecule has 4 heteroatoms. The lowest BCUT2D eigenvalue weighted by Crippen LogP contribution is -2.05. The molecule has 14 heavy (non-hydrogen) atoms. The van der Waals surface area contributed by atoms with Crippen molar-refractivity contribution in [3.05, 3.63) is 17.9 Å². The standard InChI is InChI=1S/C10H13NO3/c12-9(13)6-7-2-1-4-11-10-8(7)3-5-14-10/h3,5,7,11H,1-2,4,6H2,(H,12,13). The number of anilines is 1. The molecular weight excluding hydrogens is 182 g/mol. The molecule has 0 fully saturated rings. The molecule has 0 amide bonds. The Bertz CT molecular complexity index is 332. The topological polar surface area (TPSA) is 62.5 Å². The van der Waals surface area contributed by atoms with Crippen LogP contribution in [0.2, 0.25) is 0 Å². The molecule has 1 atom stereocenters. The maximum absolute atomic E-state index is 10.7. The molecule has 0 spiro atoms. The Morgan fingerprint density at radius 1 is 1.71 bits per heavy atom. The Kier molecular flexibility index (Phi) is 2.43. The third-order valence-electron chi connectivity index (χ3n) is 2.57. The average Bonchev–Trinajstić information content (AvgIpc) is 2.51. The number of nitrogens with one attached hydrogen (secondary N) is 1. The first-order valence-electron chi connectivity index (χ1n) is 4.80. The lowest BCUT2D eigenvalue weighted by Gasteiger charge is -2.09. The summed E-state index contributed by atoms with van der Waals surface area (Å²) in [6, 6.07) is 1.86. The van der Waals surface area contributed by atoms with Crippen molar-refractivity contribution in [2.75, 3.05) is 11.9 Å². The monoisotopic (exact) mass is 195 g/mol. The molecule has 1 aliphatic rings. The minimum absolute atomic E-state index is 0.0937. The maximum Gasteiger partial charge on any atom is 0.303 e. The molecule has 4 nitrogen and oxygen atoms in total. The van der Waals surface area contributed by atoms with E-state index in [9.17, 15) is 4.79 Å². The quantitative estimate of drug-likeness (QED) is 0.758. The van der Waals surface area contributed by atoms with Gasteiger partial charge in [-0.25, -0.2) is 0 Å². The highest BCUT2D eigenvalue weighted by Gasteiger charge is 2.22. The molecule has 0 saturated carbocycles. The molecule has 2 N–H and O–H groups in total. The summed E-state index contributed by atoms with van der Waals surface area (Å²) in [6.45, 7) is 0.858. The summed E-state index contributed by atoms with van der Waals surface area (Å²) in [5.41, 5.74) is 1.00. The van der Waals surface area contributed by atoms with Crippen LogP contribution in [0.1, 0.15) is 30.7 Å². The van der Waals surface area contributed by atoms with E-state index in [1.54, 1.807) is 6.26 Å². The first kappa shape index (κ1) is 9.12. The second-order valence-electron chi connectivity index (χ2n) is 3.57. The van der Waals surface area contributed by atoms with Crippen molar-refractivity contribution in [3.63, 3.8) is 0 Å². The Morgan fingerprint density at radius 3 is 3.36 bits per heavy atom. The fourth-order valence-corrected chi connectivity index (χ4v) is 1.91. The van der Waals surface area contributed by atoms with Gasteiger partial charge in [0.2, 0.25) is 0 Å². The second-order valence-corrected chi connectivity index (χ2v) is 3.57. The molecule has 0 radical (unpaired) electrons. The molecule has 2 heterocycles. The van der Waals surface area contributed by atoms with Gasteiger partial charge in [-0.1, -0.05) is 0 Å². The van der Waals surface area contributed by atoms with Crippen molar-refractivity contribution >= 4 is 11.9 Å². The van der Waals surface area contributed by atoms with Crippen molar-refractivity contribution in [3.8, 4) is 0 Å². The third kappa shape index (κ3) is 1.73. The number of hydrogen-bond donors (Lipinski definition) is 2. The smallest absolute Gasteiger partial charge is 0.303 e. The third-order valence-corrected chi connectivity index (χ3v) is 2.57. The number of furan rings is 1. The summed E-state index contributed by atoms with van der Waals surface area (Å²) >= 11 is 0. The summed E-state index contributed by atoms with van der Waals surface area (Å²) in [7, 11) is 0. The van der Waals surface area contributed by atoms with Crippen LogP contribution < -0.4 is 5.32 Å². The van der Waals surface area contributed by atoms with E-state index in [1.807, 2.05) is 6.07 Å². The van der Waals surface area contributed by atoms with E-state index >= 15 is 0 Å². The zero-order chi connectivity index (χ0) is 9.97. The SMILES string of the molecule is O=C(O)CC1CCCNc2occc21. The number of carboxylic acids is 1. The van der Waals surface area contributed by atoms with Crippen LogP contribution in [0.5, 0.6) is 0 Å². The lowest BCUT2D eigenvalue weighted by atomic mass is 9.94. The van der Waals surface area contributed by atoms with Crippen LogP contribution in [0.15, 0.2) is 16.7 Å². The number of aliphatic carboxylic acids is 1. The molecule has 0 aromatic carbocycles. The van der Waals surface area contributed by atoms with Crippen molar-refractivity contribution in [1.82, 2.24) is 0 Å². The summed E-state index contributed by atoms with van der Waals surface area (Å²) in [5.74, 6) is 0.0917. The Balaban J connectivity index is 2.21. The molecule has 1 unspecified atom stereocenters. The maximum atomic E-state index is 10.7. The molecular formula is C10H13NO3. The zero-order valence-corrected chi connectivity index (χ0v) is 7.82. The number of carboxylic acid groups (broad SMARTS) is 1. The molecule has 0 aliphatic carbocycles. The molecule has 1 aromatic rings. The van der Waals surface area contributed by atoms with E-state index < -0.39 is 5.97 Å². The summed E-state index contributed by atoms with van der Waals surface area (Å²) in [5, 5.41) is 11.9. The van der Waals surface area contributed by atoms with Crippen molar-refractivity contribution in [2.24, 2.45) is 0 Å². The zero-order valence-electron chi connectivity index (χ0n) is 7.82. The van der Waals surface area contributed by atoms with Crippen LogP contribution in [0, 0.1) is 0 Å². The van der Waals surface area contributed by atoms with Gasteiger partial charge in [0.1, 0.15) is 0 Å². The van der Waals surface area contributed by atoms with Crippen molar-refractivity contribution < 1.29 is 14.3 Å². The highest BCUT2D eigenvalue weighted by atomic mass is 16.4. The van der Waals surface area contributed by atoms with Gasteiger partial charge in [-0.15, -0.1) is 0 Å². The van der Waals surface area contributed by atoms with Gasteiger partial charge in [-0.3, -0.25) is 4.79 Å². The fourth-order valence-electron chi connectivity index (χ4n) is 1.91. The van der Waals surface area contributed by atoms with E-state index in [4.69, 9.17) is 9.52 Å². The fraction of sp³-hybridized carbons (Fsp3) is 0.500. The molecule has 76 valence electrons. The minimum Gasteiger partial charge on any atom is -0.481 e. The predicted octanol–water partition coefficient (Wildman–Crippen LogP) is 2.04. The summed E-state index contributed by atoms with van der Waals surface area (Å²) < 4.78 is 5.24. The van der Waals surface area contributed by atoms with Gasteiger partial charge >= 0.3 is 5.97 Å². The van der Waals surface area contributed by atoms with Crippen molar-refractivity contribution in [2.45, 2.75) is 25.2 Å². The van der Waals surface area contributed by atoms with Crippen LogP contribution in [0.4, 0.5) is 5.88 Å². The van der Waals surface area contributed by atoms with E-state index in [1.165, 1.54) is 0 Å². The number of carbonyl (C=O) groups is 1. The van der Waals surface area contributed by atoms with Crippen LogP contribution in [0.25, 0.3) is 0 Å². The Morgan fingerprint density at radius 2 is 2.57 bits per heavy atom. The van der Waals surface area contributed by atoms with E-state index in [2.05, 4.69) is 5.32 Å². The highest BCUT2D eigenvalue weighted by Crippen LogP contribution is 2.34. The molecule has 0 saturated heterocycles. The minimum atomic E-state index is -0.746. The van der Waals surface area contributed by atoms with Gasteiger partial charge in [-0.2, -0.15) is 0 Å². The van der Waals surface area contributed by atoms with Crippen LogP contribution in [-0.2, 0) is 4.79 Å². The highest BCUT2D eigenvalue weighted by molar-refractivity contribution is 5.68. The first-order valence-corrected chi connectivity index (χ1v) is 4.80. The van der Waals surface area contributed by atoms with Gasteiger partial charge in [0.05, 0.1) is 12.7 Å². The van der Waals surface area contributed by atoms with Crippen LogP contribution >= 0.6 is 0 Å². The van der Waals surface area contributed by atoms with Gasteiger partial charge < -0.3 is 14.8 Å². The van der Waals surface area contributed by atoms with Gasteiger partial charge in [0.15, 0.2) is 5.88 Å². The van der Waals surface area contributed by atoms with Gasteiger partial charge in [0.25, 0.3) is 0 Å². The normalized spacial score (nSPS) is 20.7. The second kappa shape index (κ2) is 3.74. The average molecular weight is 195 g/mol.